The van der Waals surface area contributed by atoms with Crippen molar-refractivity contribution < 1.29 is 9.47 Å². The van der Waals surface area contributed by atoms with Gasteiger partial charge in [-0.05, 0) is 31.9 Å². The van der Waals surface area contributed by atoms with Crippen LogP contribution in [-0.4, -0.2) is 29.4 Å². The van der Waals surface area contributed by atoms with Crippen molar-refractivity contribution in [2.75, 3.05) is 19.8 Å². The van der Waals surface area contributed by atoms with Crippen LogP contribution in [0.3, 0.4) is 0 Å². The summed E-state index contributed by atoms with van der Waals surface area (Å²) in [5.74, 6) is 2.10. The number of para-hydroxylation sites is 1. The van der Waals surface area contributed by atoms with Crippen LogP contribution in [0.2, 0.25) is 0 Å². The van der Waals surface area contributed by atoms with Crippen LogP contribution in [0, 0.1) is 0 Å². The van der Waals surface area contributed by atoms with Gasteiger partial charge in [-0.25, -0.2) is 4.98 Å². The number of ether oxygens (including phenoxy) is 2. The third-order valence-electron chi connectivity index (χ3n) is 4.04. The molecule has 1 unspecified atom stereocenters. The van der Waals surface area contributed by atoms with Crippen LogP contribution in [0.5, 0.6) is 5.75 Å². The maximum atomic E-state index is 6.14. The summed E-state index contributed by atoms with van der Waals surface area (Å²) in [5.41, 5.74) is 1.89. The molecule has 1 saturated heterocycles. The molecule has 4 nitrogen and oxygen atoms in total. The van der Waals surface area contributed by atoms with Crippen molar-refractivity contribution in [3.8, 4) is 5.75 Å². The fourth-order valence-corrected chi connectivity index (χ4v) is 3.15. The molecular formula is C16H21ClN2O2. The summed E-state index contributed by atoms with van der Waals surface area (Å²) in [4.78, 5) is 4.72. The fourth-order valence-electron chi connectivity index (χ4n) is 2.97. The number of halogens is 1. The van der Waals surface area contributed by atoms with Gasteiger partial charge in [0.1, 0.15) is 17.1 Å². The average molecular weight is 309 g/mol. The molecule has 0 radical (unpaired) electrons. The van der Waals surface area contributed by atoms with Crippen molar-refractivity contribution in [3.05, 3.63) is 24.0 Å². The van der Waals surface area contributed by atoms with Crippen LogP contribution in [0.15, 0.2) is 18.2 Å². The summed E-state index contributed by atoms with van der Waals surface area (Å²) in [5, 5.41) is 0. The van der Waals surface area contributed by atoms with Crippen molar-refractivity contribution in [1.29, 1.82) is 0 Å². The van der Waals surface area contributed by atoms with Crippen molar-refractivity contribution in [1.82, 2.24) is 9.55 Å². The third kappa shape index (κ3) is 2.51. The Hall–Kier alpha value is -1.26. The first kappa shape index (κ1) is 14.7. The quantitative estimate of drug-likeness (QED) is 0.790. The van der Waals surface area contributed by atoms with E-state index in [1.807, 2.05) is 12.1 Å². The van der Waals surface area contributed by atoms with Crippen LogP contribution in [0.1, 0.15) is 32.5 Å². The largest absolute Gasteiger partial charge is 0.491 e. The maximum absolute atomic E-state index is 6.14. The van der Waals surface area contributed by atoms with Gasteiger partial charge in [-0.15, -0.1) is 11.6 Å². The standard InChI is InChI=1S/C16H21ClN2O2/c1-3-8-21-13-6-4-5-12-15(13)18-14(10-17)19(12)16(2)7-9-20-11-16/h4-6H,3,7-11H2,1-2H3. The molecule has 1 aliphatic rings. The summed E-state index contributed by atoms with van der Waals surface area (Å²) < 4.78 is 13.7. The first-order chi connectivity index (χ1) is 10.2. The number of hydrogen-bond acceptors (Lipinski definition) is 3. The number of nitrogens with zero attached hydrogens (tertiary/aromatic N) is 2. The van der Waals surface area contributed by atoms with E-state index in [9.17, 15) is 0 Å². The third-order valence-corrected chi connectivity index (χ3v) is 4.28. The number of imidazole rings is 1. The molecule has 1 aliphatic heterocycles. The summed E-state index contributed by atoms with van der Waals surface area (Å²) in [6.07, 6.45) is 1.95. The zero-order valence-corrected chi connectivity index (χ0v) is 13.3. The number of alkyl halides is 1. The fraction of sp³-hybridized carbons (Fsp3) is 0.562. The molecule has 2 aromatic rings. The molecule has 1 fully saturated rings. The molecule has 0 N–H and O–H groups in total. The second-order valence-corrected chi connectivity index (χ2v) is 6.04. The highest BCUT2D eigenvalue weighted by Gasteiger charge is 2.35. The van der Waals surface area contributed by atoms with E-state index in [-0.39, 0.29) is 5.54 Å². The van der Waals surface area contributed by atoms with Crippen molar-refractivity contribution in [2.45, 2.75) is 38.1 Å². The van der Waals surface area contributed by atoms with Gasteiger partial charge in [-0.1, -0.05) is 13.0 Å². The minimum atomic E-state index is -0.0810. The topological polar surface area (TPSA) is 36.3 Å². The minimum Gasteiger partial charge on any atom is -0.491 e. The van der Waals surface area contributed by atoms with Gasteiger partial charge in [0.25, 0.3) is 0 Å². The van der Waals surface area contributed by atoms with Gasteiger partial charge < -0.3 is 14.0 Å². The van der Waals surface area contributed by atoms with Crippen LogP contribution >= 0.6 is 11.6 Å². The van der Waals surface area contributed by atoms with E-state index in [0.717, 1.165) is 42.1 Å². The molecule has 5 heteroatoms. The Balaban J connectivity index is 2.15. The highest BCUT2D eigenvalue weighted by Crippen LogP contribution is 2.35. The summed E-state index contributed by atoms with van der Waals surface area (Å²) in [7, 11) is 0. The van der Waals surface area contributed by atoms with Crippen molar-refractivity contribution in [3.63, 3.8) is 0 Å². The molecule has 1 aromatic carbocycles. The number of aromatic nitrogens is 2. The molecule has 114 valence electrons. The second-order valence-electron chi connectivity index (χ2n) is 5.77. The molecule has 3 rings (SSSR count). The number of rotatable bonds is 5. The SMILES string of the molecule is CCCOc1cccc2c1nc(CCl)n2C1(C)CCOC1. The lowest BCUT2D eigenvalue weighted by Crippen LogP contribution is -2.31. The van der Waals surface area contributed by atoms with Crippen molar-refractivity contribution in [2.24, 2.45) is 0 Å². The molecule has 0 saturated carbocycles. The molecule has 0 amide bonds. The maximum Gasteiger partial charge on any atom is 0.147 e. The summed E-state index contributed by atoms with van der Waals surface area (Å²) in [6, 6.07) is 6.07. The lowest BCUT2D eigenvalue weighted by molar-refractivity contribution is 0.162. The lowest BCUT2D eigenvalue weighted by atomic mass is 10.0. The summed E-state index contributed by atoms with van der Waals surface area (Å²) in [6.45, 7) is 6.48. The van der Waals surface area contributed by atoms with Gasteiger partial charge in [0, 0.05) is 6.61 Å². The zero-order valence-electron chi connectivity index (χ0n) is 12.6. The van der Waals surface area contributed by atoms with E-state index in [4.69, 9.17) is 26.1 Å². The molecule has 21 heavy (non-hydrogen) atoms. The Morgan fingerprint density at radius 3 is 3.00 bits per heavy atom. The molecule has 1 aromatic heterocycles. The van der Waals surface area contributed by atoms with Crippen molar-refractivity contribution >= 4 is 22.6 Å². The normalized spacial score (nSPS) is 22.0. The van der Waals surface area contributed by atoms with E-state index in [1.54, 1.807) is 0 Å². The van der Waals surface area contributed by atoms with Gasteiger partial charge in [0.2, 0.25) is 0 Å². The Morgan fingerprint density at radius 2 is 2.33 bits per heavy atom. The molecule has 2 heterocycles. The van der Waals surface area contributed by atoms with Crippen LogP contribution < -0.4 is 4.74 Å². The molecular weight excluding hydrogens is 288 g/mol. The van der Waals surface area contributed by atoms with Crippen LogP contribution in [0.4, 0.5) is 0 Å². The first-order valence-electron chi connectivity index (χ1n) is 7.47. The van der Waals surface area contributed by atoms with Gasteiger partial charge in [-0.2, -0.15) is 0 Å². The average Bonchev–Trinajstić information content (AvgIpc) is 3.09. The van der Waals surface area contributed by atoms with Gasteiger partial charge in [0.05, 0.1) is 30.1 Å². The van der Waals surface area contributed by atoms with Gasteiger partial charge in [0.15, 0.2) is 0 Å². The van der Waals surface area contributed by atoms with Gasteiger partial charge in [-0.3, -0.25) is 0 Å². The highest BCUT2D eigenvalue weighted by atomic mass is 35.5. The molecule has 0 spiro atoms. The Kier molecular flexibility index (Phi) is 4.09. The Labute approximate surface area is 130 Å². The van der Waals surface area contributed by atoms with E-state index in [1.165, 1.54) is 0 Å². The smallest absolute Gasteiger partial charge is 0.147 e. The predicted octanol–water partition coefficient (Wildman–Crippen LogP) is 3.70. The number of hydrogen-bond donors (Lipinski definition) is 0. The van der Waals surface area contributed by atoms with Crippen LogP contribution in [0.25, 0.3) is 11.0 Å². The minimum absolute atomic E-state index is 0.0810. The Bertz CT molecular complexity index is 632. The van der Waals surface area contributed by atoms with E-state index in [2.05, 4.69) is 24.5 Å². The number of benzene rings is 1. The summed E-state index contributed by atoms with van der Waals surface area (Å²) >= 11 is 6.14. The zero-order chi connectivity index (χ0) is 14.9. The predicted molar refractivity (Wildman–Crippen MR) is 84.2 cm³/mol. The monoisotopic (exact) mass is 308 g/mol. The lowest BCUT2D eigenvalue weighted by Gasteiger charge is -2.26. The van der Waals surface area contributed by atoms with E-state index in [0.29, 0.717) is 19.1 Å². The van der Waals surface area contributed by atoms with E-state index < -0.39 is 0 Å². The highest BCUT2D eigenvalue weighted by molar-refractivity contribution is 6.16. The number of fused-ring (bicyclic) bond motifs is 1. The molecule has 1 atom stereocenters. The molecule has 0 bridgehead atoms. The first-order valence-corrected chi connectivity index (χ1v) is 8.00. The van der Waals surface area contributed by atoms with Crippen LogP contribution in [-0.2, 0) is 16.2 Å². The van der Waals surface area contributed by atoms with E-state index >= 15 is 0 Å². The Morgan fingerprint density at radius 1 is 1.48 bits per heavy atom. The second kappa shape index (κ2) is 5.85. The van der Waals surface area contributed by atoms with Gasteiger partial charge >= 0.3 is 0 Å². The molecule has 0 aliphatic carbocycles.